The highest BCUT2D eigenvalue weighted by molar-refractivity contribution is 4.52. The van der Waals surface area contributed by atoms with E-state index in [0.717, 1.165) is 0 Å². The van der Waals surface area contributed by atoms with Gasteiger partial charge in [0.05, 0.1) is 0 Å². The zero-order valence-corrected chi connectivity index (χ0v) is 14.3. The van der Waals surface area contributed by atoms with Gasteiger partial charge in [-0.1, -0.05) is 104 Å². The fraction of sp³-hybridized carbons (Fsp3) is 1.00. The smallest absolute Gasteiger partial charge is 0.0456 e. The van der Waals surface area contributed by atoms with Gasteiger partial charge in [0.15, 0.2) is 0 Å². The molecule has 20 heavy (non-hydrogen) atoms. The number of aliphatic hydroxyl groups excluding tert-OH is 1. The molecule has 0 unspecified atom stereocenters. The van der Waals surface area contributed by atoms with Crippen molar-refractivity contribution < 1.29 is 5.11 Å². The van der Waals surface area contributed by atoms with E-state index in [9.17, 15) is 0 Å². The average Bonchev–Trinajstić information content (AvgIpc) is 2.47. The molecule has 1 N–H and O–H groups in total. The first kappa shape index (κ1) is 20.0. The Labute approximate surface area is 128 Å². The van der Waals surface area contributed by atoms with Crippen LogP contribution in [0, 0.1) is 5.92 Å². The molecule has 0 rings (SSSR count). The van der Waals surface area contributed by atoms with Crippen molar-refractivity contribution in [2.24, 2.45) is 5.92 Å². The molecule has 0 aromatic heterocycles. The SMILES string of the molecule is CCCCCCCCCCCCCCCC[C@@H](C)CO. The molecule has 0 heterocycles. The first-order valence-electron chi connectivity index (χ1n) is 9.42. The molecule has 0 spiro atoms. The van der Waals surface area contributed by atoms with Crippen LogP contribution in [0.15, 0.2) is 0 Å². The number of rotatable bonds is 16. The van der Waals surface area contributed by atoms with E-state index in [1.54, 1.807) is 0 Å². The molecule has 0 bridgehead atoms. The van der Waals surface area contributed by atoms with Crippen LogP contribution in [0.5, 0.6) is 0 Å². The average molecular weight is 285 g/mol. The number of hydrogen-bond donors (Lipinski definition) is 1. The van der Waals surface area contributed by atoms with Gasteiger partial charge in [0, 0.05) is 6.61 Å². The first-order valence-corrected chi connectivity index (χ1v) is 9.42. The highest BCUT2D eigenvalue weighted by atomic mass is 16.3. The van der Waals surface area contributed by atoms with Crippen LogP contribution in [0.4, 0.5) is 0 Å². The molecule has 122 valence electrons. The Hall–Kier alpha value is -0.0400. The van der Waals surface area contributed by atoms with Gasteiger partial charge in [-0.3, -0.25) is 0 Å². The molecule has 0 aliphatic carbocycles. The number of aliphatic hydroxyl groups is 1. The summed E-state index contributed by atoms with van der Waals surface area (Å²) in [6.45, 7) is 4.79. The zero-order chi connectivity index (χ0) is 14.9. The van der Waals surface area contributed by atoms with Crippen molar-refractivity contribution in [1.82, 2.24) is 0 Å². The van der Waals surface area contributed by atoms with Crippen molar-refractivity contribution in [3.05, 3.63) is 0 Å². The monoisotopic (exact) mass is 284 g/mol. The van der Waals surface area contributed by atoms with E-state index >= 15 is 0 Å². The Bertz CT molecular complexity index is 167. The Morgan fingerprint density at radius 2 is 0.950 bits per heavy atom. The van der Waals surface area contributed by atoms with Crippen LogP contribution in [-0.4, -0.2) is 11.7 Å². The van der Waals surface area contributed by atoms with Crippen molar-refractivity contribution in [3.8, 4) is 0 Å². The Kier molecular flexibility index (Phi) is 17.0. The normalized spacial score (nSPS) is 12.8. The molecule has 0 aromatic carbocycles. The maximum absolute atomic E-state index is 8.94. The summed E-state index contributed by atoms with van der Waals surface area (Å²) in [4.78, 5) is 0. The molecule has 0 amide bonds. The van der Waals surface area contributed by atoms with Crippen LogP contribution in [-0.2, 0) is 0 Å². The second-order valence-corrected chi connectivity index (χ2v) is 6.67. The van der Waals surface area contributed by atoms with Gasteiger partial charge >= 0.3 is 0 Å². The summed E-state index contributed by atoms with van der Waals surface area (Å²) >= 11 is 0. The van der Waals surface area contributed by atoms with Crippen molar-refractivity contribution >= 4 is 0 Å². The third-order valence-electron chi connectivity index (χ3n) is 4.36. The Morgan fingerprint density at radius 3 is 1.30 bits per heavy atom. The maximum Gasteiger partial charge on any atom is 0.0456 e. The lowest BCUT2D eigenvalue weighted by atomic mass is 10.0. The lowest BCUT2D eigenvalue weighted by molar-refractivity contribution is 0.227. The summed E-state index contributed by atoms with van der Waals surface area (Å²) in [6, 6.07) is 0. The summed E-state index contributed by atoms with van der Waals surface area (Å²) in [6.07, 6.45) is 21.1. The predicted molar refractivity (Wildman–Crippen MR) is 91.2 cm³/mol. The van der Waals surface area contributed by atoms with E-state index < -0.39 is 0 Å². The molecule has 0 saturated carbocycles. The van der Waals surface area contributed by atoms with Gasteiger partial charge in [0.25, 0.3) is 0 Å². The summed E-state index contributed by atoms with van der Waals surface area (Å²) in [7, 11) is 0. The van der Waals surface area contributed by atoms with E-state index in [1.807, 2.05) is 0 Å². The van der Waals surface area contributed by atoms with Crippen LogP contribution >= 0.6 is 0 Å². The minimum atomic E-state index is 0.360. The standard InChI is InChI=1S/C19H40O/c1-3-4-5-6-7-8-9-10-11-12-13-14-15-16-17-19(2)18-20/h19-20H,3-18H2,1-2H3/t19-/m1/s1. The van der Waals surface area contributed by atoms with Crippen LogP contribution in [0.2, 0.25) is 0 Å². The van der Waals surface area contributed by atoms with E-state index in [2.05, 4.69) is 13.8 Å². The van der Waals surface area contributed by atoms with Crippen LogP contribution < -0.4 is 0 Å². The molecule has 0 aromatic rings. The molecule has 0 aliphatic rings. The molecule has 1 heteroatoms. The largest absolute Gasteiger partial charge is 0.396 e. The summed E-state index contributed by atoms with van der Waals surface area (Å²) in [5.41, 5.74) is 0. The minimum Gasteiger partial charge on any atom is -0.396 e. The molecule has 1 atom stereocenters. The van der Waals surface area contributed by atoms with Crippen molar-refractivity contribution in [3.63, 3.8) is 0 Å². The predicted octanol–water partition coefficient (Wildman–Crippen LogP) is 6.49. The van der Waals surface area contributed by atoms with Gasteiger partial charge in [0.2, 0.25) is 0 Å². The summed E-state index contributed by atoms with van der Waals surface area (Å²) in [5, 5.41) is 8.94. The van der Waals surface area contributed by atoms with Crippen molar-refractivity contribution in [2.45, 2.75) is 110 Å². The van der Waals surface area contributed by atoms with E-state index in [1.165, 1.54) is 96.3 Å². The maximum atomic E-state index is 8.94. The first-order chi connectivity index (χ1) is 9.81. The number of hydrogen-bond acceptors (Lipinski definition) is 1. The lowest BCUT2D eigenvalue weighted by Crippen LogP contribution is -1.99. The van der Waals surface area contributed by atoms with Gasteiger partial charge in [-0.2, -0.15) is 0 Å². The molecule has 1 nitrogen and oxygen atoms in total. The third kappa shape index (κ3) is 16.0. The fourth-order valence-corrected chi connectivity index (χ4v) is 2.78. The highest BCUT2D eigenvalue weighted by Crippen LogP contribution is 2.14. The highest BCUT2D eigenvalue weighted by Gasteiger charge is 1.99. The van der Waals surface area contributed by atoms with Gasteiger partial charge in [0.1, 0.15) is 0 Å². The fourth-order valence-electron chi connectivity index (χ4n) is 2.78. The molecular weight excluding hydrogens is 244 g/mol. The van der Waals surface area contributed by atoms with E-state index in [0.29, 0.717) is 12.5 Å². The minimum absolute atomic E-state index is 0.360. The lowest BCUT2D eigenvalue weighted by Gasteiger charge is -2.06. The summed E-state index contributed by atoms with van der Waals surface area (Å²) < 4.78 is 0. The van der Waals surface area contributed by atoms with E-state index in [4.69, 9.17) is 5.11 Å². The number of unbranched alkanes of at least 4 members (excludes halogenated alkanes) is 13. The Balaban J connectivity index is 2.96. The van der Waals surface area contributed by atoms with Crippen molar-refractivity contribution in [2.75, 3.05) is 6.61 Å². The molecule has 0 radical (unpaired) electrons. The van der Waals surface area contributed by atoms with Crippen molar-refractivity contribution in [1.29, 1.82) is 0 Å². The van der Waals surface area contributed by atoms with Crippen LogP contribution in [0.25, 0.3) is 0 Å². The third-order valence-corrected chi connectivity index (χ3v) is 4.36. The molecule has 0 fully saturated rings. The molecule has 0 aliphatic heterocycles. The van der Waals surface area contributed by atoms with Gasteiger partial charge in [-0.25, -0.2) is 0 Å². The second-order valence-electron chi connectivity index (χ2n) is 6.67. The van der Waals surface area contributed by atoms with Gasteiger partial charge < -0.3 is 5.11 Å². The van der Waals surface area contributed by atoms with Crippen LogP contribution in [0.3, 0.4) is 0 Å². The molecular formula is C19H40O. The van der Waals surface area contributed by atoms with Gasteiger partial charge in [-0.05, 0) is 12.3 Å². The second kappa shape index (κ2) is 17.0. The Morgan fingerprint density at radius 1 is 0.600 bits per heavy atom. The quantitative estimate of drug-likeness (QED) is 0.321. The van der Waals surface area contributed by atoms with Crippen LogP contribution in [0.1, 0.15) is 110 Å². The zero-order valence-electron chi connectivity index (χ0n) is 14.3. The van der Waals surface area contributed by atoms with Gasteiger partial charge in [-0.15, -0.1) is 0 Å². The molecule has 0 saturated heterocycles. The topological polar surface area (TPSA) is 20.2 Å². The summed E-state index contributed by atoms with van der Waals surface area (Å²) in [5.74, 6) is 0.507. The van der Waals surface area contributed by atoms with E-state index in [-0.39, 0.29) is 0 Å².